The SMILES string of the molecule is COCOc1cccc(C(N)CN)c1. The van der Waals surface area contributed by atoms with E-state index in [9.17, 15) is 0 Å². The van der Waals surface area contributed by atoms with Gasteiger partial charge in [0, 0.05) is 19.7 Å². The first-order chi connectivity index (χ1) is 6.77. The molecule has 0 aromatic heterocycles. The molecule has 0 heterocycles. The molecule has 0 saturated heterocycles. The van der Waals surface area contributed by atoms with Crippen LogP contribution in [0.3, 0.4) is 0 Å². The van der Waals surface area contributed by atoms with Crippen molar-refractivity contribution >= 4 is 0 Å². The van der Waals surface area contributed by atoms with Gasteiger partial charge < -0.3 is 20.9 Å². The second-order valence-electron chi connectivity index (χ2n) is 2.97. The van der Waals surface area contributed by atoms with Crippen molar-refractivity contribution in [3.05, 3.63) is 29.8 Å². The highest BCUT2D eigenvalue weighted by Gasteiger charge is 2.04. The Hall–Kier alpha value is -1.10. The Balaban J connectivity index is 2.68. The number of methoxy groups -OCH3 is 1. The van der Waals surface area contributed by atoms with Crippen LogP contribution in [-0.2, 0) is 4.74 Å². The van der Waals surface area contributed by atoms with Crippen LogP contribution in [0.1, 0.15) is 11.6 Å². The molecule has 0 aliphatic carbocycles. The molecule has 0 amide bonds. The number of ether oxygens (including phenoxy) is 2. The Kier molecular flexibility index (Phi) is 4.39. The lowest BCUT2D eigenvalue weighted by Gasteiger charge is -2.11. The topological polar surface area (TPSA) is 70.5 Å². The molecule has 4 nitrogen and oxygen atoms in total. The molecule has 0 radical (unpaired) electrons. The van der Waals surface area contributed by atoms with Crippen LogP contribution in [-0.4, -0.2) is 20.4 Å². The van der Waals surface area contributed by atoms with Gasteiger partial charge in [-0.25, -0.2) is 0 Å². The van der Waals surface area contributed by atoms with Crippen molar-refractivity contribution in [1.29, 1.82) is 0 Å². The Morgan fingerprint density at radius 1 is 1.43 bits per heavy atom. The smallest absolute Gasteiger partial charge is 0.188 e. The van der Waals surface area contributed by atoms with Gasteiger partial charge in [0.1, 0.15) is 5.75 Å². The van der Waals surface area contributed by atoms with Gasteiger partial charge in [-0.2, -0.15) is 0 Å². The van der Waals surface area contributed by atoms with Gasteiger partial charge in [0.2, 0.25) is 0 Å². The normalized spacial score (nSPS) is 12.5. The summed E-state index contributed by atoms with van der Waals surface area (Å²) in [5.74, 6) is 0.744. The van der Waals surface area contributed by atoms with Crippen molar-refractivity contribution in [3.8, 4) is 5.75 Å². The Bertz CT molecular complexity index is 279. The van der Waals surface area contributed by atoms with Gasteiger partial charge in [-0.3, -0.25) is 0 Å². The van der Waals surface area contributed by atoms with E-state index in [2.05, 4.69) is 0 Å². The van der Waals surface area contributed by atoms with E-state index in [1.807, 2.05) is 24.3 Å². The second-order valence-corrected chi connectivity index (χ2v) is 2.97. The highest BCUT2D eigenvalue weighted by molar-refractivity contribution is 5.30. The van der Waals surface area contributed by atoms with Crippen LogP contribution < -0.4 is 16.2 Å². The largest absolute Gasteiger partial charge is 0.468 e. The molecule has 0 fully saturated rings. The molecule has 4 heteroatoms. The van der Waals surface area contributed by atoms with Crippen LogP contribution in [0.15, 0.2) is 24.3 Å². The predicted molar refractivity (Wildman–Crippen MR) is 54.9 cm³/mol. The maximum atomic E-state index is 5.78. The molecule has 1 aromatic carbocycles. The third kappa shape index (κ3) is 2.99. The van der Waals surface area contributed by atoms with E-state index in [1.54, 1.807) is 7.11 Å². The van der Waals surface area contributed by atoms with Gasteiger partial charge in [0.25, 0.3) is 0 Å². The van der Waals surface area contributed by atoms with E-state index >= 15 is 0 Å². The molecule has 4 N–H and O–H groups in total. The lowest BCUT2D eigenvalue weighted by Crippen LogP contribution is -2.20. The summed E-state index contributed by atoms with van der Waals surface area (Å²) in [6, 6.07) is 7.40. The van der Waals surface area contributed by atoms with Crippen LogP contribution >= 0.6 is 0 Å². The van der Waals surface area contributed by atoms with Crippen molar-refractivity contribution in [1.82, 2.24) is 0 Å². The summed E-state index contributed by atoms with van der Waals surface area (Å²) < 4.78 is 10.1. The second kappa shape index (κ2) is 5.59. The molecular weight excluding hydrogens is 180 g/mol. The molecule has 1 rings (SSSR count). The highest BCUT2D eigenvalue weighted by Crippen LogP contribution is 2.17. The fourth-order valence-corrected chi connectivity index (χ4v) is 1.10. The van der Waals surface area contributed by atoms with Gasteiger partial charge in [-0.15, -0.1) is 0 Å². The molecule has 0 aliphatic rings. The maximum Gasteiger partial charge on any atom is 0.188 e. The average molecular weight is 196 g/mol. The fraction of sp³-hybridized carbons (Fsp3) is 0.400. The number of hydrogen-bond acceptors (Lipinski definition) is 4. The summed E-state index contributed by atoms with van der Waals surface area (Å²) in [6.45, 7) is 0.662. The van der Waals surface area contributed by atoms with E-state index in [4.69, 9.17) is 20.9 Å². The lowest BCUT2D eigenvalue weighted by atomic mass is 10.1. The molecule has 14 heavy (non-hydrogen) atoms. The van der Waals surface area contributed by atoms with Gasteiger partial charge >= 0.3 is 0 Å². The van der Waals surface area contributed by atoms with Gasteiger partial charge in [-0.05, 0) is 17.7 Å². The summed E-state index contributed by atoms with van der Waals surface area (Å²) in [7, 11) is 1.58. The number of rotatable bonds is 5. The summed E-state index contributed by atoms with van der Waals surface area (Å²) in [5.41, 5.74) is 12.2. The number of benzene rings is 1. The first-order valence-electron chi connectivity index (χ1n) is 4.45. The minimum absolute atomic E-state index is 0.138. The molecule has 0 saturated carbocycles. The molecule has 1 unspecified atom stereocenters. The van der Waals surface area contributed by atoms with E-state index in [-0.39, 0.29) is 12.8 Å². The molecule has 0 bridgehead atoms. The zero-order chi connectivity index (χ0) is 10.4. The third-order valence-corrected chi connectivity index (χ3v) is 1.88. The van der Waals surface area contributed by atoms with Crippen molar-refractivity contribution in [3.63, 3.8) is 0 Å². The molecule has 1 atom stereocenters. The first-order valence-corrected chi connectivity index (χ1v) is 4.45. The van der Waals surface area contributed by atoms with Crippen LogP contribution in [0.4, 0.5) is 0 Å². The van der Waals surface area contributed by atoms with Gasteiger partial charge in [-0.1, -0.05) is 12.1 Å². The molecule has 0 aliphatic heterocycles. The zero-order valence-corrected chi connectivity index (χ0v) is 8.27. The summed E-state index contributed by atoms with van der Waals surface area (Å²) in [5, 5.41) is 0. The minimum Gasteiger partial charge on any atom is -0.468 e. The van der Waals surface area contributed by atoms with Crippen molar-refractivity contribution < 1.29 is 9.47 Å². The standard InChI is InChI=1S/C10H16N2O2/c1-13-7-14-9-4-2-3-8(5-9)10(12)6-11/h2-5,10H,6-7,11-12H2,1H3. The van der Waals surface area contributed by atoms with Gasteiger partial charge in [0.15, 0.2) is 6.79 Å². The molecule has 0 spiro atoms. The maximum absolute atomic E-state index is 5.78. The van der Waals surface area contributed by atoms with E-state index in [0.29, 0.717) is 6.54 Å². The number of hydrogen-bond donors (Lipinski definition) is 2. The van der Waals surface area contributed by atoms with E-state index in [1.165, 1.54) is 0 Å². The van der Waals surface area contributed by atoms with Crippen LogP contribution in [0.5, 0.6) is 5.75 Å². The van der Waals surface area contributed by atoms with Crippen LogP contribution in [0.2, 0.25) is 0 Å². The van der Waals surface area contributed by atoms with Gasteiger partial charge in [0.05, 0.1) is 0 Å². The first kappa shape index (κ1) is 11.0. The quantitative estimate of drug-likeness (QED) is 0.677. The Morgan fingerprint density at radius 2 is 2.21 bits per heavy atom. The lowest BCUT2D eigenvalue weighted by molar-refractivity contribution is 0.0510. The van der Waals surface area contributed by atoms with Crippen LogP contribution in [0, 0.1) is 0 Å². The average Bonchev–Trinajstić information content (AvgIpc) is 2.25. The van der Waals surface area contributed by atoms with Crippen molar-refractivity contribution in [2.75, 3.05) is 20.4 Å². The fourth-order valence-electron chi connectivity index (χ4n) is 1.10. The number of nitrogens with two attached hydrogens (primary N) is 2. The predicted octanol–water partition coefficient (Wildman–Crippen LogP) is 0.628. The third-order valence-electron chi connectivity index (χ3n) is 1.88. The van der Waals surface area contributed by atoms with Crippen molar-refractivity contribution in [2.24, 2.45) is 11.5 Å². The summed E-state index contributed by atoms with van der Waals surface area (Å²) in [6.07, 6.45) is 0. The Morgan fingerprint density at radius 3 is 2.86 bits per heavy atom. The summed E-state index contributed by atoms with van der Waals surface area (Å²) in [4.78, 5) is 0. The van der Waals surface area contributed by atoms with Crippen LogP contribution in [0.25, 0.3) is 0 Å². The summed E-state index contributed by atoms with van der Waals surface area (Å²) >= 11 is 0. The molecule has 78 valence electrons. The zero-order valence-electron chi connectivity index (χ0n) is 8.27. The molecular formula is C10H16N2O2. The monoisotopic (exact) mass is 196 g/mol. The van der Waals surface area contributed by atoms with E-state index in [0.717, 1.165) is 11.3 Å². The molecule has 1 aromatic rings. The van der Waals surface area contributed by atoms with Crippen molar-refractivity contribution in [2.45, 2.75) is 6.04 Å². The highest BCUT2D eigenvalue weighted by atomic mass is 16.7. The minimum atomic E-state index is -0.138. The Labute approximate surface area is 83.8 Å². The van der Waals surface area contributed by atoms with E-state index < -0.39 is 0 Å².